The lowest BCUT2D eigenvalue weighted by Crippen LogP contribution is -2.47. The molecule has 5 nitrogen and oxygen atoms in total. The van der Waals surface area contributed by atoms with E-state index < -0.39 is 5.79 Å². The zero-order valence-electron chi connectivity index (χ0n) is 10.8. The molecule has 0 bridgehead atoms. The topological polar surface area (TPSA) is 51.7 Å². The van der Waals surface area contributed by atoms with E-state index in [1.165, 1.54) is 0 Å². The number of nitrogens with zero attached hydrogens (tertiary/aromatic N) is 2. The fourth-order valence-electron chi connectivity index (χ4n) is 2.63. The van der Waals surface area contributed by atoms with Crippen molar-refractivity contribution in [1.29, 1.82) is 0 Å². The lowest BCUT2D eigenvalue weighted by atomic mass is 10.0. The molecule has 1 spiro atoms. The second-order valence-corrected chi connectivity index (χ2v) is 5.89. The fourth-order valence-corrected chi connectivity index (χ4v) is 3.25. The van der Waals surface area contributed by atoms with Crippen molar-refractivity contribution in [2.75, 3.05) is 26.3 Å². The maximum atomic E-state index is 12.1. The molecule has 0 unspecified atom stereocenters. The van der Waals surface area contributed by atoms with Gasteiger partial charge in [-0.3, -0.25) is 4.79 Å². The van der Waals surface area contributed by atoms with E-state index in [-0.39, 0.29) is 5.91 Å². The molecular formula is C13H18N2O3S. The molecule has 2 aliphatic rings. The highest BCUT2D eigenvalue weighted by atomic mass is 32.1. The average Bonchev–Trinajstić information content (AvgIpc) is 3.09. The maximum absolute atomic E-state index is 12.1. The Morgan fingerprint density at radius 2 is 2.11 bits per heavy atom. The van der Waals surface area contributed by atoms with Crippen LogP contribution >= 0.6 is 11.3 Å². The first-order valence-corrected chi connectivity index (χ1v) is 7.59. The van der Waals surface area contributed by atoms with Gasteiger partial charge in [-0.05, 0) is 0 Å². The molecular weight excluding hydrogens is 264 g/mol. The van der Waals surface area contributed by atoms with Gasteiger partial charge < -0.3 is 14.4 Å². The molecule has 2 aliphatic heterocycles. The first-order chi connectivity index (χ1) is 9.27. The minimum absolute atomic E-state index is 0.211. The molecule has 3 heterocycles. The molecule has 0 aromatic carbocycles. The lowest BCUT2D eigenvalue weighted by Gasteiger charge is -2.37. The smallest absolute Gasteiger partial charge is 0.222 e. The molecule has 0 saturated carbocycles. The van der Waals surface area contributed by atoms with Crippen molar-refractivity contribution < 1.29 is 14.3 Å². The molecule has 1 amide bonds. The van der Waals surface area contributed by atoms with Crippen LogP contribution in [0, 0.1) is 0 Å². The van der Waals surface area contributed by atoms with E-state index in [2.05, 4.69) is 4.98 Å². The van der Waals surface area contributed by atoms with Crippen molar-refractivity contribution in [3.05, 3.63) is 16.6 Å². The van der Waals surface area contributed by atoms with Crippen LogP contribution in [0.4, 0.5) is 0 Å². The summed E-state index contributed by atoms with van der Waals surface area (Å²) in [6, 6.07) is 0. The minimum atomic E-state index is -0.397. The molecule has 2 saturated heterocycles. The van der Waals surface area contributed by atoms with Gasteiger partial charge in [0.2, 0.25) is 5.91 Å². The van der Waals surface area contributed by atoms with E-state index in [0.29, 0.717) is 19.6 Å². The second-order valence-electron chi connectivity index (χ2n) is 4.91. The monoisotopic (exact) mass is 282 g/mol. The molecule has 0 N–H and O–H groups in total. The molecule has 0 radical (unpaired) electrons. The number of piperidine rings is 1. The quantitative estimate of drug-likeness (QED) is 0.842. The van der Waals surface area contributed by atoms with Crippen molar-refractivity contribution in [2.45, 2.75) is 31.5 Å². The maximum Gasteiger partial charge on any atom is 0.222 e. The molecule has 6 heteroatoms. The third-order valence-corrected chi connectivity index (χ3v) is 4.57. The van der Waals surface area contributed by atoms with Gasteiger partial charge >= 0.3 is 0 Å². The van der Waals surface area contributed by atoms with Crippen LogP contribution in [-0.2, 0) is 20.7 Å². The summed E-state index contributed by atoms with van der Waals surface area (Å²) in [5.41, 5.74) is 0. The Labute approximate surface area is 116 Å². The summed E-state index contributed by atoms with van der Waals surface area (Å²) in [5.74, 6) is -0.186. The van der Waals surface area contributed by atoms with E-state index in [0.717, 1.165) is 37.4 Å². The zero-order chi connectivity index (χ0) is 13.1. The first kappa shape index (κ1) is 13.0. The van der Waals surface area contributed by atoms with Gasteiger partial charge in [0.25, 0.3) is 0 Å². The van der Waals surface area contributed by atoms with Crippen LogP contribution < -0.4 is 0 Å². The Morgan fingerprint density at radius 1 is 1.37 bits per heavy atom. The largest absolute Gasteiger partial charge is 0.347 e. The van der Waals surface area contributed by atoms with Crippen molar-refractivity contribution in [3.8, 4) is 0 Å². The van der Waals surface area contributed by atoms with Gasteiger partial charge in [-0.15, -0.1) is 11.3 Å². The van der Waals surface area contributed by atoms with Gasteiger partial charge in [0, 0.05) is 50.3 Å². The van der Waals surface area contributed by atoms with Crippen LogP contribution in [-0.4, -0.2) is 47.9 Å². The number of hydrogen-bond acceptors (Lipinski definition) is 5. The van der Waals surface area contributed by atoms with Gasteiger partial charge in [-0.1, -0.05) is 0 Å². The lowest BCUT2D eigenvalue weighted by molar-refractivity contribution is -0.187. The SMILES string of the molecule is O=C(CCc1nccs1)N1CCC2(CC1)OCCO2. The second kappa shape index (κ2) is 5.56. The van der Waals surface area contributed by atoms with E-state index in [1.54, 1.807) is 17.5 Å². The Kier molecular flexibility index (Phi) is 3.81. The van der Waals surface area contributed by atoms with Crippen LogP contribution in [0.1, 0.15) is 24.3 Å². The summed E-state index contributed by atoms with van der Waals surface area (Å²) in [5, 5.41) is 2.98. The Balaban J connectivity index is 1.46. The predicted octanol–water partition coefficient (Wildman–Crippen LogP) is 1.44. The summed E-state index contributed by atoms with van der Waals surface area (Å²) >= 11 is 1.60. The number of aromatic nitrogens is 1. The van der Waals surface area contributed by atoms with E-state index in [9.17, 15) is 4.79 Å². The normalized spacial score (nSPS) is 22.0. The number of hydrogen-bond donors (Lipinski definition) is 0. The van der Waals surface area contributed by atoms with E-state index in [4.69, 9.17) is 9.47 Å². The van der Waals surface area contributed by atoms with Gasteiger partial charge in [0.05, 0.1) is 18.2 Å². The number of ether oxygens (including phenoxy) is 2. The Hall–Kier alpha value is -0.980. The number of carbonyl (C=O) groups is 1. The van der Waals surface area contributed by atoms with Crippen LogP contribution in [0.2, 0.25) is 0 Å². The highest BCUT2D eigenvalue weighted by Gasteiger charge is 2.40. The average molecular weight is 282 g/mol. The summed E-state index contributed by atoms with van der Waals surface area (Å²) < 4.78 is 11.3. The van der Waals surface area contributed by atoms with Crippen molar-refractivity contribution in [3.63, 3.8) is 0 Å². The zero-order valence-corrected chi connectivity index (χ0v) is 11.7. The summed E-state index contributed by atoms with van der Waals surface area (Å²) in [6.07, 6.45) is 4.64. The summed E-state index contributed by atoms with van der Waals surface area (Å²) in [7, 11) is 0. The Morgan fingerprint density at radius 3 is 2.74 bits per heavy atom. The van der Waals surface area contributed by atoms with Gasteiger partial charge in [0.1, 0.15) is 0 Å². The number of likely N-dealkylation sites (tertiary alicyclic amines) is 1. The molecule has 0 atom stereocenters. The third kappa shape index (κ3) is 2.96. The van der Waals surface area contributed by atoms with Crippen molar-refractivity contribution >= 4 is 17.2 Å². The summed E-state index contributed by atoms with van der Waals surface area (Å²) in [4.78, 5) is 18.2. The van der Waals surface area contributed by atoms with Crippen molar-refractivity contribution in [1.82, 2.24) is 9.88 Å². The molecule has 3 rings (SSSR count). The molecule has 2 fully saturated rings. The molecule has 104 valence electrons. The van der Waals surface area contributed by atoms with Gasteiger partial charge in [-0.25, -0.2) is 4.98 Å². The molecule has 0 aliphatic carbocycles. The predicted molar refractivity (Wildman–Crippen MR) is 70.9 cm³/mol. The number of rotatable bonds is 3. The van der Waals surface area contributed by atoms with Crippen LogP contribution in [0.5, 0.6) is 0 Å². The number of amides is 1. The Bertz CT molecular complexity index is 419. The molecule has 19 heavy (non-hydrogen) atoms. The number of thiazole rings is 1. The van der Waals surface area contributed by atoms with E-state index >= 15 is 0 Å². The number of aryl methyl sites for hydroxylation is 1. The van der Waals surface area contributed by atoms with Gasteiger partial charge in [0.15, 0.2) is 5.79 Å². The standard InChI is InChI=1S/C13H18N2O3S/c16-12(2-1-11-14-5-10-19-11)15-6-3-13(4-7-15)17-8-9-18-13/h5,10H,1-4,6-9H2. The number of carbonyl (C=O) groups excluding carboxylic acids is 1. The molecule has 1 aromatic rings. The van der Waals surface area contributed by atoms with Crippen LogP contribution in [0.25, 0.3) is 0 Å². The van der Waals surface area contributed by atoms with Gasteiger partial charge in [-0.2, -0.15) is 0 Å². The van der Waals surface area contributed by atoms with Crippen LogP contribution in [0.15, 0.2) is 11.6 Å². The highest BCUT2D eigenvalue weighted by Crippen LogP contribution is 2.31. The van der Waals surface area contributed by atoms with Crippen LogP contribution in [0.3, 0.4) is 0 Å². The summed E-state index contributed by atoms with van der Waals surface area (Å²) in [6.45, 7) is 2.82. The molecule has 1 aromatic heterocycles. The third-order valence-electron chi connectivity index (χ3n) is 3.73. The minimum Gasteiger partial charge on any atom is -0.347 e. The first-order valence-electron chi connectivity index (χ1n) is 6.71. The highest BCUT2D eigenvalue weighted by molar-refractivity contribution is 7.09. The fraction of sp³-hybridized carbons (Fsp3) is 0.692. The van der Waals surface area contributed by atoms with Crippen molar-refractivity contribution in [2.24, 2.45) is 0 Å². The van der Waals surface area contributed by atoms with E-state index in [1.807, 2.05) is 10.3 Å².